The number of piperazine rings is 1. The number of aryl methyl sites for hydroxylation is 1. The van der Waals surface area contributed by atoms with E-state index in [0.29, 0.717) is 57.9 Å². The third-order valence-electron chi connectivity index (χ3n) is 9.65. The molecule has 2 aliphatic heterocycles. The Balaban J connectivity index is 1.23. The fourth-order valence-electron chi connectivity index (χ4n) is 6.59. The molecule has 2 saturated heterocycles. The van der Waals surface area contributed by atoms with E-state index in [2.05, 4.69) is 37.1 Å². The van der Waals surface area contributed by atoms with Crippen molar-refractivity contribution in [3.8, 4) is 11.1 Å². The third kappa shape index (κ3) is 7.55. The fraction of sp³-hybridized carbons (Fsp3) is 0.395. The number of aldehydes is 1. The van der Waals surface area contributed by atoms with Gasteiger partial charge < -0.3 is 24.6 Å². The lowest BCUT2D eigenvalue weighted by molar-refractivity contribution is -0.0792. The first-order valence-corrected chi connectivity index (χ1v) is 17.1. The Hall–Kier alpha value is -4.98. The molecule has 51 heavy (non-hydrogen) atoms. The highest BCUT2D eigenvalue weighted by molar-refractivity contribution is 5.93. The molecule has 0 radical (unpaired) electrons. The summed E-state index contributed by atoms with van der Waals surface area (Å²) in [7, 11) is 3.32. The second-order valence-corrected chi connectivity index (χ2v) is 14.2. The number of hydrazone groups is 1. The van der Waals surface area contributed by atoms with Crippen molar-refractivity contribution in [2.75, 3.05) is 55.1 Å². The number of hydrogen-bond donors (Lipinski definition) is 2. The number of ether oxygens (including phenoxy) is 1. The molecule has 5 heterocycles. The molecule has 6 rings (SSSR count). The van der Waals surface area contributed by atoms with Gasteiger partial charge >= 0.3 is 0 Å². The van der Waals surface area contributed by atoms with Gasteiger partial charge in [0.25, 0.3) is 5.56 Å². The van der Waals surface area contributed by atoms with Gasteiger partial charge in [-0.2, -0.15) is 5.10 Å². The van der Waals surface area contributed by atoms with Crippen LogP contribution in [0.1, 0.15) is 54.7 Å². The number of carbonyl (C=O) groups excluding carboxylic acids is 1. The monoisotopic (exact) mass is 696 g/mol. The lowest BCUT2D eigenvalue weighted by Crippen LogP contribution is -2.60. The van der Waals surface area contributed by atoms with Crippen LogP contribution < -0.4 is 20.8 Å². The number of aliphatic hydroxyl groups excluding tert-OH is 1. The Morgan fingerprint density at radius 3 is 2.57 bits per heavy atom. The molecule has 2 fully saturated rings. The largest absolute Gasteiger partial charge is 0.392 e. The fourth-order valence-corrected chi connectivity index (χ4v) is 6.59. The Bertz CT molecular complexity index is 1990. The number of carbonyl (C=O) groups is 1. The van der Waals surface area contributed by atoms with E-state index in [1.54, 1.807) is 44.7 Å². The van der Waals surface area contributed by atoms with Gasteiger partial charge in [0.15, 0.2) is 12.1 Å². The minimum Gasteiger partial charge on any atom is -0.392 e. The SMILES string of the molecule is C[C@@H]1CN(c2ccc(Nc3cc(-c4ccnc(N(C)/N=C\c5cc(C(C)(C)C)cc(F)c5C=O)c4CO)cn(C)c3=O)nc2)CCN1C1COC1. The van der Waals surface area contributed by atoms with Crippen molar-refractivity contribution in [3.63, 3.8) is 0 Å². The zero-order valence-corrected chi connectivity index (χ0v) is 29.9. The number of nitrogens with one attached hydrogen (secondary N) is 1. The molecule has 13 heteroatoms. The van der Waals surface area contributed by atoms with Gasteiger partial charge in [0.1, 0.15) is 17.3 Å². The van der Waals surface area contributed by atoms with Crippen molar-refractivity contribution in [3.05, 3.63) is 93.4 Å². The number of nitrogens with zero attached hydrogens (tertiary/aromatic N) is 7. The zero-order valence-electron chi connectivity index (χ0n) is 29.9. The minimum absolute atomic E-state index is 0.0915. The molecular formula is C38H45FN8O4. The van der Waals surface area contributed by atoms with E-state index in [1.807, 2.05) is 39.1 Å². The molecule has 0 aliphatic carbocycles. The van der Waals surface area contributed by atoms with Crippen molar-refractivity contribution in [2.45, 2.75) is 51.8 Å². The highest BCUT2D eigenvalue weighted by atomic mass is 19.1. The molecular weight excluding hydrogens is 651 g/mol. The maximum absolute atomic E-state index is 14.8. The molecule has 1 atom stereocenters. The number of halogens is 1. The average molecular weight is 697 g/mol. The lowest BCUT2D eigenvalue weighted by Gasteiger charge is -2.47. The van der Waals surface area contributed by atoms with E-state index in [0.717, 1.165) is 44.1 Å². The predicted octanol–water partition coefficient (Wildman–Crippen LogP) is 4.71. The molecule has 0 amide bonds. The first-order chi connectivity index (χ1) is 24.4. The van der Waals surface area contributed by atoms with Crippen LogP contribution in [0.15, 0.2) is 64.9 Å². The van der Waals surface area contributed by atoms with E-state index in [1.165, 1.54) is 21.9 Å². The second-order valence-electron chi connectivity index (χ2n) is 14.2. The van der Waals surface area contributed by atoms with E-state index in [-0.39, 0.29) is 23.1 Å². The normalized spacial score (nSPS) is 17.1. The Kier molecular flexibility index (Phi) is 10.3. The van der Waals surface area contributed by atoms with Crippen molar-refractivity contribution in [1.82, 2.24) is 19.4 Å². The summed E-state index contributed by atoms with van der Waals surface area (Å²) >= 11 is 0. The Labute approximate surface area is 297 Å². The molecule has 0 bridgehead atoms. The first kappa shape index (κ1) is 35.8. The number of aromatic nitrogens is 3. The maximum Gasteiger partial charge on any atom is 0.274 e. The van der Waals surface area contributed by atoms with Gasteiger partial charge in [-0.3, -0.25) is 19.5 Å². The van der Waals surface area contributed by atoms with Crippen molar-refractivity contribution in [2.24, 2.45) is 12.1 Å². The molecule has 268 valence electrons. The standard InChI is InChI=1S/C38H45FN8O4/c1-24-18-46(11-12-47(24)29-22-51-23-29)28-7-8-35(41-17-28)43-34-14-26(19-44(5)37(34)50)30-9-10-40-36(32(30)21-49)45(6)42-16-25-13-27(38(2,3)4)15-33(39)31(25)20-48/h7-10,13-17,19-20,24,29,49H,11-12,18,21-23H2,1-6H3,(H,41,43)/b42-16-/t24-/m1/s1. The van der Waals surface area contributed by atoms with E-state index >= 15 is 0 Å². The Morgan fingerprint density at radius 2 is 1.94 bits per heavy atom. The summed E-state index contributed by atoms with van der Waals surface area (Å²) in [6, 6.07) is 11.4. The maximum atomic E-state index is 14.8. The number of pyridine rings is 3. The molecule has 0 unspecified atom stereocenters. The van der Waals surface area contributed by atoms with Crippen LogP contribution in [0.25, 0.3) is 11.1 Å². The van der Waals surface area contributed by atoms with Crippen molar-refractivity contribution >= 4 is 35.5 Å². The zero-order chi connectivity index (χ0) is 36.4. The van der Waals surface area contributed by atoms with Crippen LogP contribution in [0.3, 0.4) is 0 Å². The molecule has 2 N–H and O–H groups in total. The molecule has 12 nitrogen and oxygen atoms in total. The summed E-state index contributed by atoms with van der Waals surface area (Å²) in [6.45, 7) is 12.1. The lowest BCUT2D eigenvalue weighted by atomic mass is 9.85. The molecule has 4 aromatic rings. The van der Waals surface area contributed by atoms with E-state index in [4.69, 9.17) is 4.74 Å². The van der Waals surface area contributed by atoms with Crippen LogP contribution >= 0.6 is 0 Å². The molecule has 0 saturated carbocycles. The van der Waals surface area contributed by atoms with Gasteiger partial charge in [0.05, 0.1) is 49.5 Å². The van der Waals surface area contributed by atoms with Crippen LogP contribution in [-0.4, -0.2) is 89.0 Å². The van der Waals surface area contributed by atoms with E-state index in [9.17, 15) is 19.1 Å². The smallest absolute Gasteiger partial charge is 0.274 e. The Morgan fingerprint density at radius 1 is 1.16 bits per heavy atom. The van der Waals surface area contributed by atoms with Gasteiger partial charge in [-0.1, -0.05) is 20.8 Å². The van der Waals surface area contributed by atoms with Crippen LogP contribution in [-0.2, 0) is 23.8 Å². The number of aliphatic hydroxyl groups is 1. The molecule has 3 aromatic heterocycles. The highest BCUT2D eigenvalue weighted by Gasteiger charge is 2.33. The third-order valence-corrected chi connectivity index (χ3v) is 9.65. The molecule has 1 aromatic carbocycles. The average Bonchev–Trinajstić information content (AvgIpc) is 3.08. The topological polar surface area (TPSA) is 128 Å². The predicted molar refractivity (Wildman–Crippen MR) is 198 cm³/mol. The summed E-state index contributed by atoms with van der Waals surface area (Å²) in [6.07, 6.45) is 7.00. The van der Waals surface area contributed by atoms with Crippen LogP contribution in [0, 0.1) is 5.82 Å². The van der Waals surface area contributed by atoms with E-state index < -0.39 is 5.82 Å². The van der Waals surface area contributed by atoms with Crippen LogP contribution in [0.4, 0.5) is 27.4 Å². The van der Waals surface area contributed by atoms with Crippen molar-refractivity contribution in [1.29, 1.82) is 0 Å². The second kappa shape index (κ2) is 14.7. The van der Waals surface area contributed by atoms with Crippen molar-refractivity contribution < 1.29 is 19.0 Å². The molecule has 0 spiro atoms. The van der Waals surface area contributed by atoms with Gasteiger partial charge in [0, 0.05) is 68.9 Å². The minimum atomic E-state index is -0.619. The highest BCUT2D eigenvalue weighted by Crippen LogP contribution is 2.32. The van der Waals surface area contributed by atoms with Gasteiger partial charge in [-0.05, 0) is 59.9 Å². The number of benzene rings is 1. The van der Waals surface area contributed by atoms with Crippen LogP contribution in [0.5, 0.6) is 0 Å². The van der Waals surface area contributed by atoms with Crippen LogP contribution in [0.2, 0.25) is 0 Å². The van der Waals surface area contributed by atoms with Gasteiger partial charge in [0.2, 0.25) is 0 Å². The van der Waals surface area contributed by atoms with Gasteiger partial charge in [-0.25, -0.2) is 14.4 Å². The summed E-state index contributed by atoms with van der Waals surface area (Å²) < 4.78 is 21.7. The summed E-state index contributed by atoms with van der Waals surface area (Å²) in [5.74, 6) is 0.259. The quantitative estimate of drug-likeness (QED) is 0.137. The number of rotatable bonds is 10. The number of anilines is 4. The summed E-state index contributed by atoms with van der Waals surface area (Å²) in [5.41, 5.74) is 3.48. The first-order valence-electron chi connectivity index (χ1n) is 17.1. The molecule has 2 aliphatic rings. The summed E-state index contributed by atoms with van der Waals surface area (Å²) in [5, 5.41) is 19.7. The summed E-state index contributed by atoms with van der Waals surface area (Å²) in [4.78, 5) is 38.9. The van der Waals surface area contributed by atoms with Gasteiger partial charge in [-0.15, -0.1) is 0 Å². The number of hydrogen-bond acceptors (Lipinski definition) is 11.